The lowest BCUT2D eigenvalue weighted by molar-refractivity contribution is 0.0695. The highest BCUT2D eigenvalue weighted by atomic mass is 16.4. The molecule has 0 saturated carbocycles. The van der Waals surface area contributed by atoms with Gasteiger partial charge in [-0.1, -0.05) is 19.1 Å². The van der Waals surface area contributed by atoms with Gasteiger partial charge >= 0.3 is 5.97 Å². The summed E-state index contributed by atoms with van der Waals surface area (Å²) in [6, 6.07) is 5.05. The van der Waals surface area contributed by atoms with Crippen LogP contribution in [-0.4, -0.2) is 16.2 Å². The summed E-state index contributed by atoms with van der Waals surface area (Å²) in [5.41, 5.74) is 1.03. The molecular weight excluding hydrogens is 194 g/mol. The SMILES string of the molecule is CCc1ccc(CO)c(C#N)c1C(=O)O. The van der Waals surface area contributed by atoms with Crippen molar-refractivity contribution in [1.82, 2.24) is 0 Å². The van der Waals surface area contributed by atoms with E-state index in [1.165, 1.54) is 0 Å². The molecule has 0 aliphatic carbocycles. The van der Waals surface area contributed by atoms with Gasteiger partial charge in [0.05, 0.1) is 17.7 Å². The number of aliphatic hydroxyl groups excluding tert-OH is 1. The van der Waals surface area contributed by atoms with Crippen molar-refractivity contribution in [2.24, 2.45) is 0 Å². The molecule has 1 aromatic carbocycles. The third-order valence-corrected chi connectivity index (χ3v) is 2.25. The number of hydrogen-bond donors (Lipinski definition) is 2. The molecule has 0 saturated heterocycles. The van der Waals surface area contributed by atoms with Gasteiger partial charge in [0.15, 0.2) is 0 Å². The fraction of sp³-hybridized carbons (Fsp3) is 0.273. The monoisotopic (exact) mass is 205 g/mol. The standard InChI is InChI=1S/C11H11NO3/c1-2-7-3-4-8(6-13)9(5-12)10(7)11(14)15/h3-4,13H,2,6H2,1H3,(H,14,15). The Balaban J connectivity index is 3.53. The summed E-state index contributed by atoms with van der Waals surface area (Å²) in [5, 5.41) is 26.8. The number of benzene rings is 1. The highest BCUT2D eigenvalue weighted by molar-refractivity contribution is 5.92. The van der Waals surface area contributed by atoms with Crippen molar-refractivity contribution in [2.75, 3.05) is 0 Å². The first-order chi connectivity index (χ1) is 7.15. The van der Waals surface area contributed by atoms with E-state index in [9.17, 15) is 4.79 Å². The lowest BCUT2D eigenvalue weighted by Crippen LogP contribution is -2.08. The van der Waals surface area contributed by atoms with Crippen LogP contribution in [0.2, 0.25) is 0 Å². The van der Waals surface area contributed by atoms with Gasteiger partial charge in [-0.2, -0.15) is 5.26 Å². The second-order valence-electron chi connectivity index (χ2n) is 3.06. The summed E-state index contributed by atoms with van der Waals surface area (Å²) in [4.78, 5) is 11.0. The third kappa shape index (κ3) is 1.97. The van der Waals surface area contributed by atoms with E-state index < -0.39 is 5.97 Å². The van der Waals surface area contributed by atoms with E-state index in [0.717, 1.165) is 0 Å². The summed E-state index contributed by atoms with van der Waals surface area (Å²) in [6.07, 6.45) is 0.544. The van der Waals surface area contributed by atoms with Crippen LogP contribution >= 0.6 is 0 Å². The fourth-order valence-corrected chi connectivity index (χ4v) is 1.49. The van der Waals surface area contributed by atoms with E-state index in [4.69, 9.17) is 15.5 Å². The average Bonchev–Trinajstić information content (AvgIpc) is 2.26. The Morgan fingerprint density at radius 2 is 2.07 bits per heavy atom. The molecule has 0 amide bonds. The average molecular weight is 205 g/mol. The number of nitrogens with zero attached hydrogens (tertiary/aromatic N) is 1. The lowest BCUT2D eigenvalue weighted by atomic mass is 9.95. The molecule has 0 bridgehead atoms. The summed E-state index contributed by atoms with van der Waals surface area (Å²) in [6.45, 7) is 1.49. The van der Waals surface area contributed by atoms with Crippen molar-refractivity contribution in [3.05, 3.63) is 34.4 Å². The van der Waals surface area contributed by atoms with E-state index in [1.807, 2.05) is 13.0 Å². The molecule has 4 heteroatoms. The quantitative estimate of drug-likeness (QED) is 0.779. The number of aromatic carboxylic acids is 1. The maximum absolute atomic E-state index is 11.0. The highest BCUT2D eigenvalue weighted by Gasteiger charge is 2.17. The van der Waals surface area contributed by atoms with Crippen LogP contribution in [0.15, 0.2) is 12.1 Å². The van der Waals surface area contributed by atoms with Crippen molar-refractivity contribution in [2.45, 2.75) is 20.0 Å². The van der Waals surface area contributed by atoms with Crippen molar-refractivity contribution in [1.29, 1.82) is 5.26 Å². The number of rotatable bonds is 3. The Labute approximate surface area is 87.4 Å². The van der Waals surface area contributed by atoms with E-state index >= 15 is 0 Å². The van der Waals surface area contributed by atoms with Gasteiger partial charge < -0.3 is 10.2 Å². The number of aliphatic hydroxyl groups is 1. The van der Waals surface area contributed by atoms with E-state index in [-0.39, 0.29) is 17.7 Å². The Hall–Kier alpha value is -1.86. The minimum Gasteiger partial charge on any atom is -0.478 e. The predicted molar refractivity (Wildman–Crippen MR) is 53.4 cm³/mol. The zero-order valence-corrected chi connectivity index (χ0v) is 8.32. The van der Waals surface area contributed by atoms with Gasteiger partial charge in [-0.3, -0.25) is 0 Å². The second-order valence-corrected chi connectivity index (χ2v) is 3.06. The highest BCUT2D eigenvalue weighted by Crippen LogP contribution is 2.19. The number of carbonyl (C=O) groups is 1. The Kier molecular flexibility index (Phi) is 3.42. The number of nitriles is 1. The molecule has 0 aliphatic rings. The van der Waals surface area contributed by atoms with Crippen molar-refractivity contribution in [3.63, 3.8) is 0 Å². The smallest absolute Gasteiger partial charge is 0.337 e. The van der Waals surface area contributed by atoms with Gasteiger partial charge in [0.1, 0.15) is 6.07 Å². The molecule has 1 aromatic rings. The van der Waals surface area contributed by atoms with Gasteiger partial charge in [-0.05, 0) is 17.5 Å². The van der Waals surface area contributed by atoms with Gasteiger partial charge in [0, 0.05) is 0 Å². The molecule has 0 aliphatic heterocycles. The fourth-order valence-electron chi connectivity index (χ4n) is 1.49. The lowest BCUT2D eigenvalue weighted by Gasteiger charge is -2.08. The maximum Gasteiger partial charge on any atom is 0.337 e. The molecule has 4 nitrogen and oxygen atoms in total. The number of carboxylic acid groups (broad SMARTS) is 1. The second kappa shape index (κ2) is 4.58. The largest absolute Gasteiger partial charge is 0.478 e. The topological polar surface area (TPSA) is 81.3 Å². The van der Waals surface area contributed by atoms with Crippen molar-refractivity contribution >= 4 is 5.97 Å². The Morgan fingerprint density at radius 3 is 2.47 bits per heavy atom. The summed E-state index contributed by atoms with van der Waals surface area (Å²) in [7, 11) is 0. The van der Waals surface area contributed by atoms with Gasteiger partial charge in [0.2, 0.25) is 0 Å². The van der Waals surface area contributed by atoms with Gasteiger partial charge in [-0.15, -0.1) is 0 Å². The van der Waals surface area contributed by atoms with E-state index in [0.29, 0.717) is 17.5 Å². The molecule has 0 heterocycles. The Bertz CT molecular complexity index is 432. The van der Waals surface area contributed by atoms with Crippen LogP contribution in [0.5, 0.6) is 0 Å². The molecule has 0 aromatic heterocycles. The van der Waals surface area contributed by atoms with Crippen LogP contribution in [0.25, 0.3) is 0 Å². The molecule has 0 atom stereocenters. The van der Waals surface area contributed by atoms with Gasteiger partial charge in [-0.25, -0.2) is 4.79 Å². The van der Waals surface area contributed by atoms with Crippen molar-refractivity contribution < 1.29 is 15.0 Å². The molecular formula is C11H11NO3. The van der Waals surface area contributed by atoms with Gasteiger partial charge in [0.25, 0.3) is 0 Å². The first kappa shape index (κ1) is 11.2. The molecule has 1 rings (SSSR count). The number of hydrogen-bond acceptors (Lipinski definition) is 3. The molecule has 0 unspecified atom stereocenters. The molecule has 0 spiro atoms. The molecule has 2 N–H and O–H groups in total. The molecule has 15 heavy (non-hydrogen) atoms. The molecule has 0 fully saturated rings. The normalized spacial score (nSPS) is 9.67. The van der Waals surface area contributed by atoms with E-state index in [1.54, 1.807) is 12.1 Å². The van der Waals surface area contributed by atoms with Crippen LogP contribution in [0.3, 0.4) is 0 Å². The maximum atomic E-state index is 11.0. The summed E-state index contributed by atoms with van der Waals surface area (Å²) >= 11 is 0. The van der Waals surface area contributed by atoms with E-state index in [2.05, 4.69) is 0 Å². The van der Waals surface area contributed by atoms with Crippen LogP contribution in [0.1, 0.15) is 34.0 Å². The minimum atomic E-state index is -1.13. The first-order valence-corrected chi connectivity index (χ1v) is 4.54. The zero-order valence-electron chi connectivity index (χ0n) is 8.32. The third-order valence-electron chi connectivity index (χ3n) is 2.25. The van der Waals surface area contributed by atoms with Crippen LogP contribution in [0, 0.1) is 11.3 Å². The van der Waals surface area contributed by atoms with Crippen molar-refractivity contribution in [3.8, 4) is 6.07 Å². The number of carboxylic acids is 1. The Morgan fingerprint density at radius 1 is 1.47 bits per heavy atom. The summed E-state index contributed by atoms with van der Waals surface area (Å²) in [5.74, 6) is -1.13. The zero-order chi connectivity index (χ0) is 11.4. The van der Waals surface area contributed by atoms with Crippen LogP contribution < -0.4 is 0 Å². The first-order valence-electron chi connectivity index (χ1n) is 4.54. The molecule has 0 radical (unpaired) electrons. The summed E-state index contributed by atoms with van der Waals surface area (Å²) < 4.78 is 0. The minimum absolute atomic E-state index is 0.00606. The number of aryl methyl sites for hydroxylation is 1. The molecule has 78 valence electrons. The van der Waals surface area contributed by atoms with Crippen LogP contribution in [0.4, 0.5) is 0 Å². The predicted octanol–water partition coefficient (Wildman–Crippen LogP) is 1.31. The van der Waals surface area contributed by atoms with Crippen LogP contribution in [-0.2, 0) is 13.0 Å².